The molecule has 7 heteroatoms. The number of halogens is 1. The molecule has 3 heterocycles. The molecule has 0 bridgehead atoms. The van der Waals surface area contributed by atoms with E-state index < -0.39 is 0 Å². The van der Waals surface area contributed by atoms with Crippen LogP contribution in [0.3, 0.4) is 0 Å². The number of aromatic amines is 1. The number of nitrogens with one attached hydrogen (secondary N) is 2. The molecule has 0 spiro atoms. The van der Waals surface area contributed by atoms with Crippen LogP contribution in [0.25, 0.3) is 0 Å². The first-order chi connectivity index (χ1) is 12.7. The van der Waals surface area contributed by atoms with E-state index in [9.17, 15) is 4.79 Å². The Balaban J connectivity index is 1.39. The molecule has 1 saturated heterocycles. The van der Waals surface area contributed by atoms with E-state index in [1.165, 1.54) is 5.56 Å². The summed E-state index contributed by atoms with van der Waals surface area (Å²) in [4.78, 5) is 17.3. The van der Waals surface area contributed by atoms with Gasteiger partial charge in [0.2, 0.25) is 0 Å². The van der Waals surface area contributed by atoms with Crippen LogP contribution in [0, 0.1) is 0 Å². The Kier molecular flexibility index (Phi) is 5.24. The Morgan fingerprint density at radius 2 is 2.00 bits per heavy atom. The van der Waals surface area contributed by atoms with Crippen molar-refractivity contribution in [3.63, 3.8) is 0 Å². The zero-order chi connectivity index (χ0) is 17.9. The van der Waals surface area contributed by atoms with Crippen molar-refractivity contribution < 1.29 is 4.79 Å². The van der Waals surface area contributed by atoms with Gasteiger partial charge in [0.15, 0.2) is 5.69 Å². The molecule has 0 saturated carbocycles. The van der Waals surface area contributed by atoms with Crippen molar-refractivity contribution in [2.75, 3.05) is 32.7 Å². The molecule has 138 valence electrons. The fourth-order valence-electron chi connectivity index (χ4n) is 3.73. The lowest BCUT2D eigenvalue weighted by atomic mass is 10.1. The predicted octanol–water partition coefficient (Wildman–Crippen LogP) is 2.06. The summed E-state index contributed by atoms with van der Waals surface area (Å²) in [5.41, 5.74) is 4.00. The number of carbonyl (C=O) groups is 1. The SMILES string of the molecule is O=C(c1n[nH]c2c1CNCC2)N1CCCN(Cc2ccc(Cl)cc2)CC1. The minimum absolute atomic E-state index is 0.0551. The van der Waals surface area contributed by atoms with Gasteiger partial charge in [-0.05, 0) is 24.1 Å². The number of rotatable bonds is 3. The summed E-state index contributed by atoms with van der Waals surface area (Å²) in [7, 11) is 0. The number of benzene rings is 1. The van der Waals surface area contributed by atoms with Gasteiger partial charge in [-0.25, -0.2) is 0 Å². The zero-order valence-electron chi connectivity index (χ0n) is 14.8. The second-order valence-corrected chi connectivity index (χ2v) is 7.44. The van der Waals surface area contributed by atoms with Crippen molar-refractivity contribution in [3.8, 4) is 0 Å². The summed E-state index contributed by atoms with van der Waals surface area (Å²) in [6.45, 7) is 5.94. The molecule has 0 radical (unpaired) electrons. The normalized spacial score (nSPS) is 18.4. The molecule has 1 aromatic heterocycles. The first-order valence-electron chi connectivity index (χ1n) is 9.23. The standard InChI is InChI=1S/C19H24ClN5O/c20-15-4-2-14(3-5-15)13-24-8-1-9-25(11-10-24)19(26)18-16-12-21-7-6-17(16)22-23-18/h2-5,21H,1,6-13H2,(H,22,23). The molecule has 0 aliphatic carbocycles. The number of hydrogen-bond donors (Lipinski definition) is 2. The number of hydrogen-bond acceptors (Lipinski definition) is 4. The Hall–Kier alpha value is -1.89. The average Bonchev–Trinajstić information content (AvgIpc) is 2.95. The summed E-state index contributed by atoms with van der Waals surface area (Å²) in [5, 5.41) is 11.5. The Morgan fingerprint density at radius 1 is 1.15 bits per heavy atom. The van der Waals surface area contributed by atoms with E-state index in [0.717, 1.165) is 74.9 Å². The van der Waals surface area contributed by atoms with Crippen molar-refractivity contribution in [1.82, 2.24) is 25.3 Å². The molecular weight excluding hydrogens is 350 g/mol. The molecule has 2 aliphatic heterocycles. The maximum atomic E-state index is 13.0. The van der Waals surface area contributed by atoms with Crippen molar-refractivity contribution in [2.24, 2.45) is 0 Å². The molecule has 26 heavy (non-hydrogen) atoms. The highest BCUT2D eigenvalue weighted by atomic mass is 35.5. The fourth-order valence-corrected chi connectivity index (χ4v) is 3.86. The van der Waals surface area contributed by atoms with Gasteiger partial charge in [0, 0.05) is 68.5 Å². The third kappa shape index (κ3) is 3.77. The van der Waals surface area contributed by atoms with E-state index in [4.69, 9.17) is 11.6 Å². The molecule has 4 rings (SSSR count). The third-order valence-electron chi connectivity index (χ3n) is 5.20. The van der Waals surface area contributed by atoms with Crippen LogP contribution in [0.2, 0.25) is 5.02 Å². The van der Waals surface area contributed by atoms with E-state index >= 15 is 0 Å². The Bertz CT molecular complexity index is 773. The van der Waals surface area contributed by atoms with Gasteiger partial charge >= 0.3 is 0 Å². The second kappa shape index (κ2) is 7.78. The van der Waals surface area contributed by atoms with Crippen LogP contribution < -0.4 is 5.32 Å². The molecule has 1 aromatic carbocycles. The maximum absolute atomic E-state index is 13.0. The number of H-pyrrole nitrogens is 1. The van der Waals surface area contributed by atoms with Crippen LogP contribution in [0.4, 0.5) is 0 Å². The summed E-state index contributed by atoms with van der Waals surface area (Å²) in [5.74, 6) is 0.0551. The van der Waals surface area contributed by atoms with Crippen LogP contribution in [-0.4, -0.2) is 58.6 Å². The van der Waals surface area contributed by atoms with Gasteiger partial charge in [0.1, 0.15) is 0 Å². The van der Waals surface area contributed by atoms with Gasteiger partial charge in [-0.15, -0.1) is 0 Å². The van der Waals surface area contributed by atoms with Crippen LogP contribution in [-0.2, 0) is 19.5 Å². The summed E-state index contributed by atoms with van der Waals surface area (Å²) in [6, 6.07) is 8.00. The minimum Gasteiger partial charge on any atom is -0.336 e. The topological polar surface area (TPSA) is 64.3 Å². The molecule has 2 aromatic rings. The van der Waals surface area contributed by atoms with Crippen LogP contribution in [0.5, 0.6) is 0 Å². The lowest BCUT2D eigenvalue weighted by molar-refractivity contribution is 0.0754. The van der Waals surface area contributed by atoms with Gasteiger partial charge in [-0.1, -0.05) is 23.7 Å². The number of nitrogens with zero attached hydrogens (tertiary/aromatic N) is 3. The van der Waals surface area contributed by atoms with Gasteiger partial charge < -0.3 is 10.2 Å². The van der Waals surface area contributed by atoms with E-state index in [1.807, 2.05) is 17.0 Å². The van der Waals surface area contributed by atoms with E-state index in [0.29, 0.717) is 5.69 Å². The van der Waals surface area contributed by atoms with Gasteiger partial charge in [0.25, 0.3) is 5.91 Å². The molecule has 1 fully saturated rings. The van der Waals surface area contributed by atoms with Crippen molar-refractivity contribution in [1.29, 1.82) is 0 Å². The first-order valence-corrected chi connectivity index (χ1v) is 9.61. The third-order valence-corrected chi connectivity index (χ3v) is 5.46. The van der Waals surface area contributed by atoms with Crippen LogP contribution in [0.15, 0.2) is 24.3 Å². The second-order valence-electron chi connectivity index (χ2n) is 7.00. The molecule has 0 unspecified atom stereocenters. The zero-order valence-corrected chi connectivity index (χ0v) is 15.6. The van der Waals surface area contributed by atoms with Crippen LogP contribution in [0.1, 0.15) is 33.7 Å². The van der Waals surface area contributed by atoms with E-state index in [-0.39, 0.29) is 5.91 Å². The quantitative estimate of drug-likeness (QED) is 0.864. The Morgan fingerprint density at radius 3 is 2.85 bits per heavy atom. The highest BCUT2D eigenvalue weighted by molar-refractivity contribution is 6.30. The monoisotopic (exact) mass is 373 g/mol. The molecule has 1 amide bonds. The molecule has 6 nitrogen and oxygen atoms in total. The maximum Gasteiger partial charge on any atom is 0.274 e. The summed E-state index contributed by atoms with van der Waals surface area (Å²) in [6.07, 6.45) is 1.88. The number of carbonyl (C=O) groups excluding carboxylic acids is 1. The van der Waals surface area contributed by atoms with Gasteiger partial charge in [0.05, 0.1) is 0 Å². The highest BCUT2D eigenvalue weighted by Crippen LogP contribution is 2.18. The van der Waals surface area contributed by atoms with Gasteiger partial charge in [-0.3, -0.25) is 14.8 Å². The average molecular weight is 374 g/mol. The Labute approximate surface area is 158 Å². The fraction of sp³-hybridized carbons (Fsp3) is 0.474. The molecular formula is C19H24ClN5O. The molecule has 2 N–H and O–H groups in total. The summed E-state index contributed by atoms with van der Waals surface area (Å²) >= 11 is 5.96. The van der Waals surface area contributed by atoms with Crippen molar-refractivity contribution in [3.05, 3.63) is 51.8 Å². The lowest BCUT2D eigenvalue weighted by Gasteiger charge is -2.22. The smallest absolute Gasteiger partial charge is 0.274 e. The summed E-state index contributed by atoms with van der Waals surface area (Å²) < 4.78 is 0. The molecule has 0 atom stereocenters. The largest absolute Gasteiger partial charge is 0.336 e. The van der Waals surface area contributed by atoms with E-state index in [1.54, 1.807) is 0 Å². The number of fused-ring (bicyclic) bond motifs is 1. The number of amides is 1. The first kappa shape index (κ1) is 17.5. The predicted molar refractivity (Wildman–Crippen MR) is 101 cm³/mol. The van der Waals surface area contributed by atoms with Gasteiger partial charge in [-0.2, -0.15) is 5.10 Å². The van der Waals surface area contributed by atoms with Crippen molar-refractivity contribution in [2.45, 2.75) is 25.9 Å². The minimum atomic E-state index is 0.0551. The lowest BCUT2D eigenvalue weighted by Crippen LogP contribution is -2.36. The van der Waals surface area contributed by atoms with Crippen molar-refractivity contribution >= 4 is 17.5 Å². The highest BCUT2D eigenvalue weighted by Gasteiger charge is 2.27. The van der Waals surface area contributed by atoms with E-state index in [2.05, 4.69) is 32.5 Å². The van der Waals surface area contributed by atoms with Crippen LogP contribution >= 0.6 is 11.6 Å². The molecule has 2 aliphatic rings. The number of aromatic nitrogens is 2.